The van der Waals surface area contributed by atoms with Crippen molar-refractivity contribution in [1.82, 2.24) is 9.88 Å². The number of hydrogen-bond acceptors (Lipinski definition) is 6. The highest BCUT2D eigenvalue weighted by atomic mass is 32.2. The van der Waals surface area contributed by atoms with Gasteiger partial charge in [-0.2, -0.15) is 0 Å². The largest absolute Gasteiger partial charge is 0.467 e. The van der Waals surface area contributed by atoms with Gasteiger partial charge in [-0.05, 0) is 26.2 Å². The molecule has 1 aromatic rings. The molecule has 1 fully saturated rings. The van der Waals surface area contributed by atoms with Crippen LogP contribution in [0.5, 0.6) is 0 Å². The molecule has 2 rings (SSSR count). The first-order chi connectivity index (χ1) is 10.1. The summed E-state index contributed by atoms with van der Waals surface area (Å²) in [4.78, 5) is 30.1. The Balaban J connectivity index is 1.84. The molecule has 0 N–H and O–H groups in total. The van der Waals surface area contributed by atoms with Crippen LogP contribution in [0.25, 0.3) is 0 Å². The number of ether oxygens (including phenoxy) is 1. The minimum atomic E-state index is -0.404. The van der Waals surface area contributed by atoms with Gasteiger partial charge in [0.05, 0.1) is 23.6 Å². The van der Waals surface area contributed by atoms with Gasteiger partial charge in [0.15, 0.2) is 0 Å². The normalized spacial score (nSPS) is 18.6. The number of aromatic nitrogens is 1. The van der Waals surface area contributed by atoms with Crippen LogP contribution in [0.2, 0.25) is 0 Å². The van der Waals surface area contributed by atoms with Gasteiger partial charge in [0.25, 0.3) is 0 Å². The first-order valence-electron chi connectivity index (χ1n) is 6.98. The molecule has 116 valence electrons. The molecule has 1 aliphatic rings. The van der Waals surface area contributed by atoms with Gasteiger partial charge < -0.3 is 9.64 Å². The lowest BCUT2D eigenvalue weighted by atomic mass is 10.0. The minimum Gasteiger partial charge on any atom is -0.467 e. The quantitative estimate of drug-likeness (QED) is 0.776. The molecule has 1 saturated heterocycles. The SMILES string of the molecule is COC(=O)[C@H]1CCCCN1C(=O)CSCc1csc(C)n1. The van der Waals surface area contributed by atoms with E-state index >= 15 is 0 Å². The first kappa shape index (κ1) is 16.3. The maximum absolute atomic E-state index is 12.3. The van der Waals surface area contributed by atoms with Crippen LogP contribution in [0.3, 0.4) is 0 Å². The van der Waals surface area contributed by atoms with Crippen molar-refractivity contribution in [3.8, 4) is 0 Å². The number of rotatable bonds is 5. The van der Waals surface area contributed by atoms with Gasteiger partial charge in [-0.3, -0.25) is 4.79 Å². The van der Waals surface area contributed by atoms with Crippen molar-refractivity contribution < 1.29 is 14.3 Å². The number of amides is 1. The van der Waals surface area contributed by atoms with Gasteiger partial charge in [0.2, 0.25) is 5.91 Å². The first-order valence-corrected chi connectivity index (χ1v) is 9.01. The molecule has 2 heterocycles. The lowest BCUT2D eigenvalue weighted by Crippen LogP contribution is -2.49. The number of aryl methyl sites for hydroxylation is 1. The van der Waals surface area contributed by atoms with Crippen LogP contribution in [0.15, 0.2) is 5.38 Å². The Hall–Kier alpha value is -1.08. The summed E-state index contributed by atoms with van der Waals surface area (Å²) in [5, 5.41) is 3.06. The van der Waals surface area contributed by atoms with Gasteiger partial charge in [0.1, 0.15) is 6.04 Å². The van der Waals surface area contributed by atoms with Crippen LogP contribution in [0, 0.1) is 6.92 Å². The van der Waals surface area contributed by atoms with E-state index in [9.17, 15) is 9.59 Å². The summed E-state index contributed by atoms with van der Waals surface area (Å²) in [5.41, 5.74) is 1.01. The van der Waals surface area contributed by atoms with Crippen molar-refractivity contribution in [3.05, 3.63) is 16.1 Å². The third kappa shape index (κ3) is 4.44. The summed E-state index contributed by atoms with van der Waals surface area (Å²) < 4.78 is 4.80. The van der Waals surface area contributed by atoms with Crippen LogP contribution in [-0.4, -0.2) is 47.2 Å². The number of nitrogens with zero attached hydrogens (tertiary/aromatic N) is 2. The molecule has 0 aliphatic carbocycles. The summed E-state index contributed by atoms with van der Waals surface area (Å²) in [6.07, 6.45) is 2.62. The number of methoxy groups -OCH3 is 1. The molecule has 1 atom stereocenters. The Morgan fingerprint density at radius 3 is 3.00 bits per heavy atom. The lowest BCUT2D eigenvalue weighted by molar-refractivity contribution is -0.153. The van der Waals surface area contributed by atoms with E-state index in [1.807, 2.05) is 12.3 Å². The van der Waals surface area contributed by atoms with Gasteiger partial charge in [-0.1, -0.05) is 0 Å². The highest BCUT2D eigenvalue weighted by Gasteiger charge is 2.32. The van der Waals surface area contributed by atoms with Crippen LogP contribution in [-0.2, 0) is 20.1 Å². The number of carbonyl (C=O) groups is 2. The number of thioether (sulfide) groups is 1. The summed E-state index contributed by atoms with van der Waals surface area (Å²) in [6, 6.07) is -0.404. The number of piperidine rings is 1. The summed E-state index contributed by atoms with van der Waals surface area (Å²) >= 11 is 3.16. The molecule has 1 amide bonds. The predicted molar refractivity (Wildman–Crippen MR) is 84.4 cm³/mol. The Kier molecular flexibility index (Phi) is 6.05. The molecular formula is C14H20N2O3S2. The molecule has 7 heteroatoms. The fourth-order valence-electron chi connectivity index (χ4n) is 2.41. The topological polar surface area (TPSA) is 59.5 Å². The zero-order chi connectivity index (χ0) is 15.2. The molecule has 0 unspecified atom stereocenters. The average Bonchev–Trinajstić information content (AvgIpc) is 2.91. The third-order valence-corrected chi connectivity index (χ3v) is 5.21. The smallest absolute Gasteiger partial charge is 0.328 e. The second-order valence-corrected chi connectivity index (χ2v) is 7.02. The summed E-state index contributed by atoms with van der Waals surface area (Å²) in [6.45, 7) is 2.62. The predicted octanol–water partition coefficient (Wildman–Crippen LogP) is 2.24. The molecule has 0 saturated carbocycles. The monoisotopic (exact) mass is 328 g/mol. The maximum atomic E-state index is 12.3. The van der Waals surface area contributed by atoms with Crippen LogP contribution >= 0.6 is 23.1 Å². The molecule has 0 bridgehead atoms. The summed E-state index contributed by atoms with van der Waals surface area (Å²) in [5.74, 6) is 0.821. The molecule has 21 heavy (non-hydrogen) atoms. The van der Waals surface area contributed by atoms with Crippen molar-refractivity contribution in [2.45, 2.75) is 38.0 Å². The Labute approximate surface area is 133 Å². The van der Waals surface area contributed by atoms with Crippen molar-refractivity contribution >= 4 is 35.0 Å². The fraction of sp³-hybridized carbons (Fsp3) is 0.643. The van der Waals surface area contributed by atoms with E-state index in [1.54, 1.807) is 28.0 Å². The zero-order valence-electron chi connectivity index (χ0n) is 12.3. The fourth-order valence-corrected chi connectivity index (χ4v) is 3.93. The molecule has 0 radical (unpaired) electrons. The molecular weight excluding hydrogens is 308 g/mol. The Morgan fingerprint density at radius 1 is 1.52 bits per heavy atom. The summed E-state index contributed by atoms with van der Waals surface area (Å²) in [7, 11) is 1.37. The van der Waals surface area contributed by atoms with E-state index < -0.39 is 6.04 Å². The molecule has 1 aliphatic heterocycles. The molecule has 0 aromatic carbocycles. The van der Waals surface area contributed by atoms with E-state index in [0.717, 1.165) is 29.3 Å². The molecule has 0 spiro atoms. The van der Waals surface area contributed by atoms with Gasteiger partial charge in [-0.15, -0.1) is 23.1 Å². The average molecular weight is 328 g/mol. The second kappa shape index (κ2) is 7.79. The van der Waals surface area contributed by atoms with E-state index in [1.165, 1.54) is 7.11 Å². The number of esters is 1. The number of likely N-dealkylation sites (tertiary alicyclic amines) is 1. The van der Waals surface area contributed by atoms with Crippen molar-refractivity contribution in [2.24, 2.45) is 0 Å². The van der Waals surface area contributed by atoms with E-state index in [4.69, 9.17) is 4.74 Å². The standard InChI is InChI=1S/C14H20N2O3S2/c1-10-15-11(8-21-10)7-20-9-13(17)16-6-4-3-5-12(16)14(18)19-2/h8,12H,3-7,9H2,1-2H3/t12-/m1/s1. The number of carbonyl (C=O) groups excluding carboxylic acids is 2. The minimum absolute atomic E-state index is 0.0158. The molecule has 1 aromatic heterocycles. The number of thiazole rings is 1. The Bertz CT molecular complexity index is 504. The van der Waals surface area contributed by atoms with Crippen molar-refractivity contribution in [2.75, 3.05) is 19.4 Å². The maximum Gasteiger partial charge on any atom is 0.328 e. The van der Waals surface area contributed by atoms with Crippen LogP contribution < -0.4 is 0 Å². The zero-order valence-corrected chi connectivity index (χ0v) is 14.0. The van der Waals surface area contributed by atoms with Gasteiger partial charge in [0, 0.05) is 17.7 Å². The molecule has 5 nitrogen and oxygen atoms in total. The Morgan fingerprint density at radius 2 is 2.33 bits per heavy atom. The van der Waals surface area contributed by atoms with Crippen LogP contribution in [0.1, 0.15) is 30.0 Å². The number of hydrogen-bond donors (Lipinski definition) is 0. The third-order valence-electron chi connectivity index (χ3n) is 3.44. The van der Waals surface area contributed by atoms with Gasteiger partial charge in [-0.25, -0.2) is 9.78 Å². The van der Waals surface area contributed by atoms with E-state index in [-0.39, 0.29) is 11.9 Å². The highest BCUT2D eigenvalue weighted by Crippen LogP contribution is 2.21. The lowest BCUT2D eigenvalue weighted by Gasteiger charge is -2.33. The second-order valence-electron chi connectivity index (χ2n) is 4.97. The van der Waals surface area contributed by atoms with Crippen LogP contribution in [0.4, 0.5) is 0 Å². The van der Waals surface area contributed by atoms with Crippen molar-refractivity contribution in [3.63, 3.8) is 0 Å². The van der Waals surface area contributed by atoms with Crippen molar-refractivity contribution in [1.29, 1.82) is 0 Å². The van der Waals surface area contributed by atoms with E-state index in [2.05, 4.69) is 4.98 Å². The van der Waals surface area contributed by atoms with E-state index in [0.29, 0.717) is 18.7 Å². The highest BCUT2D eigenvalue weighted by molar-refractivity contribution is 7.99. The van der Waals surface area contributed by atoms with Gasteiger partial charge >= 0.3 is 5.97 Å².